The Balaban J connectivity index is 1.65. The normalized spacial score (nSPS) is 13.8. The van der Waals surface area contributed by atoms with Gasteiger partial charge in [-0.3, -0.25) is 9.59 Å². The molecule has 3 aromatic rings. The standard InChI is InChI=1S/C26H32N4O4S/c1-16(2)23(30-24(31)22(15-35)27-13-17-8-4-3-5-9-17)25(32)29-21(26(33)34)12-18-14-28-20-11-7-6-10-19(18)20/h3-11,14,16,21-23,27-28,35H,12-13,15H2,1-2H3,(H,29,32)(H,30,31)(H,33,34)/t21-,22-,23-/m0/s1. The van der Waals surface area contributed by atoms with E-state index in [1.807, 2.05) is 54.6 Å². The number of aliphatic carboxylic acids is 1. The Morgan fingerprint density at radius 2 is 1.63 bits per heavy atom. The molecule has 186 valence electrons. The molecule has 0 fully saturated rings. The zero-order valence-electron chi connectivity index (χ0n) is 19.8. The molecule has 0 radical (unpaired) electrons. The first kappa shape index (κ1) is 26.3. The number of aromatic nitrogens is 1. The van der Waals surface area contributed by atoms with Crippen molar-refractivity contribution in [2.45, 2.75) is 44.9 Å². The van der Waals surface area contributed by atoms with Crippen molar-refractivity contribution in [2.24, 2.45) is 5.92 Å². The van der Waals surface area contributed by atoms with Crippen molar-refractivity contribution in [2.75, 3.05) is 5.75 Å². The largest absolute Gasteiger partial charge is 0.480 e. The molecule has 9 heteroatoms. The molecule has 2 amide bonds. The number of carboxylic acids is 1. The highest BCUT2D eigenvalue weighted by molar-refractivity contribution is 7.80. The van der Waals surface area contributed by atoms with E-state index < -0.39 is 30.0 Å². The van der Waals surface area contributed by atoms with E-state index >= 15 is 0 Å². The first-order chi connectivity index (χ1) is 16.8. The summed E-state index contributed by atoms with van der Waals surface area (Å²) in [6.45, 7) is 4.07. The average Bonchev–Trinajstić information content (AvgIpc) is 3.25. The molecule has 0 bridgehead atoms. The number of hydrogen-bond donors (Lipinski definition) is 6. The molecule has 5 N–H and O–H groups in total. The number of fused-ring (bicyclic) bond motifs is 1. The highest BCUT2D eigenvalue weighted by atomic mass is 32.1. The molecule has 0 aliphatic heterocycles. The second-order valence-corrected chi connectivity index (χ2v) is 9.16. The molecule has 35 heavy (non-hydrogen) atoms. The first-order valence-electron chi connectivity index (χ1n) is 11.6. The van der Waals surface area contributed by atoms with Crippen LogP contribution in [-0.4, -0.2) is 51.8 Å². The van der Waals surface area contributed by atoms with Crippen LogP contribution in [0.1, 0.15) is 25.0 Å². The molecule has 8 nitrogen and oxygen atoms in total. The molecule has 0 saturated heterocycles. The van der Waals surface area contributed by atoms with E-state index in [-0.39, 0.29) is 24.0 Å². The molecule has 1 heterocycles. The van der Waals surface area contributed by atoms with Gasteiger partial charge >= 0.3 is 5.97 Å². The zero-order chi connectivity index (χ0) is 25.4. The number of hydrogen-bond acceptors (Lipinski definition) is 5. The minimum absolute atomic E-state index is 0.113. The molecular formula is C26H32N4O4S. The van der Waals surface area contributed by atoms with Crippen LogP contribution in [0.25, 0.3) is 10.9 Å². The molecule has 3 atom stereocenters. The predicted molar refractivity (Wildman–Crippen MR) is 139 cm³/mol. The summed E-state index contributed by atoms with van der Waals surface area (Å²) in [6, 6.07) is 14.6. The Labute approximate surface area is 210 Å². The number of carbonyl (C=O) groups excluding carboxylic acids is 2. The van der Waals surface area contributed by atoms with Crippen LogP contribution in [0.5, 0.6) is 0 Å². The fourth-order valence-corrected chi connectivity index (χ4v) is 4.14. The Bertz CT molecular complexity index is 1150. The van der Waals surface area contributed by atoms with Crippen LogP contribution in [0.15, 0.2) is 60.8 Å². The van der Waals surface area contributed by atoms with Gasteiger partial charge in [0.1, 0.15) is 12.1 Å². The van der Waals surface area contributed by atoms with E-state index in [0.717, 1.165) is 22.0 Å². The van der Waals surface area contributed by atoms with E-state index in [9.17, 15) is 19.5 Å². The van der Waals surface area contributed by atoms with E-state index in [0.29, 0.717) is 6.54 Å². The van der Waals surface area contributed by atoms with Gasteiger partial charge in [-0.15, -0.1) is 0 Å². The summed E-state index contributed by atoms with van der Waals surface area (Å²) >= 11 is 4.28. The van der Waals surface area contributed by atoms with Crippen molar-refractivity contribution in [3.63, 3.8) is 0 Å². The Morgan fingerprint density at radius 3 is 2.29 bits per heavy atom. The van der Waals surface area contributed by atoms with Crippen molar-refractivity contribution in [1.82, 2.24) is 20.9 Å². The summed E-state index contributed by atoms with van der Waals surface area (Å²) in [6.07, 6.45) is 1.87. The number of carbonyl (C=O) groups is 3. The third-order valence-electron chi connectivity index (χ3n) is 5.85. The number of aromatic amines is 1. The molecule has 0 saturated carbocycles. The van der Waals surface area contributed by atoms with Gasteiger partial charge in [0.2, 0.25) is 11.8 Å². The maximum absolute atomic E-state index is 13.1. The monoisotopic (exact) mass is 496 g/mol. The van der Waals surface area contributed by atoms with Crippen LogP contribution in [0.3, 0.4) is 0 Å². The lowest BCUT2D eigenvalue weighted by molar-refractivity contribution is -0.142. The number of carboxylic acid groups (broad SMARTS) is 1. The minimum atomic E-state index is -1.14. The summed E-state index contributed by atoms with van der Waals surface area (Å²) in [5.41, 5.74) is 2.71. The predicted octanol–water partition coefficient (Wildman–Crippen LogP) is 2.51. The zero-order valence-corrected chi connectivity index (χ0v) is 20.7. The average molecular weight is 497 g/mol. The van der Waals surface area contributed by atoms with Crippen molar-refractivity contribution in [1.29, 1.82) is 0 Å². The van der Waals surface area contributed by atoms with Crippen LogP contribution in [-0.2, 0) is 27.3 Å². The maximum atomic E-state index is 13.1. The van der Waals surface area contributed by atoms with E-state index in [4.69, 9.17) is 0 Å². The molecular weight excluding hydrogens is 464 g/mol. The fourth-order valence-electron chi connectivity index (χ4n) is 3.85. The van der Waals surface area contributed by atoms with Gasteiger partial charge in [0.05, 0.1) is 6.04 Å². The molecule has 3 rings (SSSR count). The molecule has 2 aromatic carbocycles. The summed E-state index contributed by atoms with van der Waals surface area (Å²) in [4.78, 5) is 41.1. The van der Waals surface area contributed by atoms with Crippen molar-refractivity contribution >= 4 is 41.3 Å². The van der Waals surface area contributed by atoms with Gasteiger partial charge in [0.25, 0.3) is 0 Å². The van der Waals surface area contributed by atoms with Gasteiger partial charge < -0.3 is 26.0 Å². The van der Waals surface area contributed by atoms with Crippen molar-refractivity contribution in [3.05, 3.63) is 71.9 Å². The Kier molecular flexibility index (Phi) is 9.33. The number of nitrogens with one attached hydrogen (secondary N) is 4. The van der Waals surface area contributed by atoms with E-state index in [1.54, 1.807) is 20.0 Å². The SMILES string of the molecule is CC(C)[C@H](NC(=O)[C@H](CS)NCc1ccccc1)C(=O)N[C@@H](Cc1c[nH]c2ccccc12)C(=O)O. The van der Waals surface area contributed by atoms with Gasteiger partial charge in [-0.25, -0.2) is 4.79 Å². The highest BCUT2D eigenvalue weighted by Gasteiger charge is 2.30. The summed E-state index contributed by atoms with van der Waals surface area (Å²) < 4.78 is 0. The quantitative estimate of drug-likeness (QED) is 0.215. The van der Waals surface area contributed by atoms with Crippen LogP contribution in [0, 0.1) is 5.92 Å². The second-order valence-electron chi connectivity index (χ2n) is 8.79. The summed E-state index contributed by atoms with van der Waals surface area (Å²) in [5.74, 6) is -2.06. The number of amides is 2. The molecule has 1 aromatic heterocycles. The molecule has 0 aliphatic rings. The Hall–Kier alpha value is -3.30. The lowest BCUT2D eigenvalue weighted by atomic mass is 10.0. The number of benzene rings is 2. The van der Waals surface area contributed by atoms with Crippen molar-refractivity contribution < 1.29 is 19.5 Å². The van der Waals surface area contributed by atoms with Gasteiger partial charge in [-0.2, -0.15) is 12.6 Å². The minimum Gasteiger partial charge on any atom is -0.480 e. The molecule has 0 aliphatic carbocycles. The maximum Gasteiger partial charge on any atom is 0.326 e. The molecule has 0 spiro atoms. The number of para-hydroxylation sites is 1. The molecule has 0 unspecified atom stereocenters. The van der Waals surface area contributed by atoms with Gasteiger partial charge in [0.15, 0.2) is 0 Å². The van der Waals surface area contributed by atoms with Gasteiger partial charge in [-0.1, -0.05) is 62.4 Å². The van der Waals surface area contributed by atoms with Crippen LogP contribution in [0.4, 0.5) is 0 Å². The Morgan fingerprint density at radius 1 is 0.943 bits per heavy atom. The van der Waals surface area contributed by atoms with Crippen LogP contribution < -0.4 is 16.0 Å². The lowest BCUT2D eigenvalue weighted by Crippen LogP contribution is -2.57. The first-order valence-corrected chi connectivity index (χ1v) is 12.2. The number of thiol groups is 1. The lowest BCUT2D eigenvalue weighted by Gasteiger charge is -2.26. The number of rotatable bonds is 12. The fraction of sp³-hybridized carbons (Fsp3) is 0.346. The second kappa shape index (κ2) is 12.4. The summed E-state index contributed by atoms with van der Waals surface area (Å²) in [7, 11) is 0. The highest BCUT2D eigenvalue weighted by Crippen LogP contribution is 2.19. The number of H-pyrrole nitrogens is 1. The third-order valence-corrected chi connectivity index (χ3v) is 6.22. The summed E-state index contributed by atoms with van der Waals surface area (Å²) in [5, 5.41) is 19.2. The van der Waals surface area contributed by atoms with Gasteiger partial charge in [0, 0.05) is 35.8 Å². The topological polar surface area (TPSA) is 123 Å². The van der Waals surface area contributed by atoms with E-state index in [2.05, 4.69) is 33.6 Å². The smallest absolute Gasteiger partial charge is 0.326 e. The van der Waals surface area contributed by atoms with Crippen molar-refractivity contribution in [3.8, 4) is 0 Å². The van der Waals surface area contributed by atoms with Crippen LogP contribution in [0.2, 0.25) is 0 Å². The van der Waals surface area contributed by atoms with Crippen LogP contribution >= 0.6 is 12.6 Å². The van der Waals surface area contributed by atoms with Gasteiger partial charge in [-0.05, 0) is 23.1 Å². The third kappa shape index (κ3) is 7.10. The van der Waals surface area contributed by atoms with E-state index in [1.165, 1.54) is 0 Å².